The van der Waals surface area contributed by atoms with E-state index in [1.807, 2.05) is 0 Å². The summed E-state index contributed by atoms with van der Waals surface area (Å²) in [5.41, 5.74) is -0.578. The van der Waals surface area contributed by atoms with Crippen molar-refractivity contribution < 1.29 is 19.9 Å². The van der Waals surface area contributed by atoms with E-state index in [2.05, 4.69) is 0 Å². The summed E-state index contributed by atoms with van der Waals surface area (Å²) in [6.07, 6.45) is 0. The summed E-state index contributed by atoms with van der Waals surface area (Å²) in [5, 5.41) is 30.0. The molecule has 0 heterocycles. The SMILES string of the molecule is O=C(c1ccc(Cl)cc1)c1cc(O)c(O)c([N+](=O)[O-])c1. The van der Waals surface area contributed by atoms with Crippen LogP contribution in [-0.2, 0) is 0 Å². The van der Waals surface area contributed by atoms with Crippen LogP contribution in [0.25, 0.3) is 0 Å². The third kappa shape index (κ3) is 2.55. The first kappa shape index (κ1) is 13.8. The highest BCUT2D eigenvalue weighted by atomic mass is 35.5. The molecule has 2 aromatic rings. The largest absolute Gasteiger partial charge is 0.504 e. The zero-order valence-corrected chi connectivity index (χ0v) is 10.7. The van der Waals surface area contributed by atoms with Gasteiger partial charge >= 0.3 is 5.69 Å². The van der Waals surface area contributed by atoms with Crippen molar-refractivity contribution in [1.29, 1.82) is 0 Å². The maximum absolute atomic E-state index is 12.1. The minimum Gasteiger partial charge on any atom is -0.504 e. The standard InChI is InChI=1S/C13H8ClNO5/c14-9-3-1-7(2-4-9)12(17)8-5-10(15(19)20)13(18)11(16)6-8/h1-6,16,18H. The van der Waals surface area contributed by atoms with E-state index in [0.29, 0.717) is 5.02 Å². The predicted octanol–water partition coefficient (Wildman–Crippen LogP) is 2.89. The normalized spacial score (nSPS) is 10.2. The van der Waals surface area contributed by atoms with E-state index in [1.54, 1.807) is 0 Å². The minimum absolute atomic E-state index is 0.102. The number of nitro groups is 1. The minimum atomic E-state index is -0.881. The molecule has 0 aliphatic rings. The Morgan fingerprint density at radius 3 is 2.25 bits per heavy atom. The van der Waals surface area contributed by atoms with Gasteiger partial charge in [0.15, 0.2) is 11.5 Å². The molecule has 0 saturated carbocycles. The Labute approximate surface area is 118 Å². The Bertz CT molecular complexity index is 697. The fraction of sp³-hybridized carbons (Fsp3) is 0. The van der Waals surface area contributed by atoms with Crippen molar-refractivity contribution >= 4 is 23.1 Å². The average Bonchev–Trinajstić information content (AvgIpc) is 2.41. The van der Waals surface area contributed by atoms with Crippen molar-refractivity contribution in [3.63, 3.8) is 0 Å². The molecule has 2 aromatic carbocycles. The first-order chi connectivity index (χ1) is 9.40. The highest BCUT2D eigenvalue weighted by Crippen LogP contribution is 2.36. The molecule has 0 aliphatic heterocycles. The molecule has 20 heavy (non-hydrogen) atoms. The first-order valence-corrected chi connectivity index (χ1v) is 5.78. The smallest absolute Gasteiger partial charge is 0.315 e. The molecule has 0 radical (unpaired) electrons. The molecule has 7 heteroatoms. The number of carbonyl (C=O) groups excluding carboxylic acids is 1. The number of ketones is 1. The Morgan fingerprint density at radius 2 is 1.70 bits per heavy atom. The summed E-state index contributed by atoms with van der Waals surface area (Å²) in [6.45, 7) is 0. The van der Waals surface area contributed by atoms with Crippen LogP contribution in [0.3, 0.4) is 0 Å². The number of nitrogens with zero attached hydrogens (tertiary/aromatic N) is 1. The second-order valence-electron chi connectivity index (χ2n) is 3.96. The van der Waals surface area contributed by atoms with Gasteiger partial charge in [0, 0.05) is 22.2 Å². The second-order valence-corrected chi connectivity index (χ2v) is 4.39. The molecule has 2 rings (SSSR count). The van der Waals surface area contributed by atoms with Crippen LogP contribution in [0.4, 0.5) is 5.69 Å². The van der Waals surface area contributed by atoms with Gasteiger partial charge in [-0.1, -0.05) is 11.6 Å². The van der Waals surface area contributed by atoms with Gasteiger partial charge in [-0.3, -0.25) is 14.9 Å². The number of halogens is 1. The first-order valence-electron chi connectivity index (χ1n) is 5.41. The molecule has 0 bridgehead atoms. The number of carbonyl (C=O) groups is 1. The van der Waals surface area contributed by atoms with Crippen molar-refractivity contribution in [2.45, 2.75) is 0 Å². The van der Waals surface area contributed by atoms with Gasteiger partial charge in [-0.15, -0.1) is 0 Å². The van der Waals surface area contributed by atoms with Gasteiger partial charge in [-0.2, -0.15) is 0 Å². The number of benzene rings is 2. The van der Waals surface area contributed by atoms with Crippen LogP contribution in [-0.4, -0.2) is 20.9 Å². The molecule has 0 atom stereocenters. The molecule has 0 saturated heterocycles. The lowest BCUT2D eigenvalue weighted by atomic mass is 10.0. The van der Waals surface area contributed by atoms with Crippen LogP contribution < -0.4 is 0 Å². The molecule has 2 N–H and O–H groups in total. The fourth-order valence-corrected chi connectivity index (χ4v) is 1.77. The highest BCUT2D eigenvalue weighted by molar-refractivity contribution is 6.30. The van der Waals surface area contributed by atoms with Crippen molar-refractivity contribution in [2.75, 3.05) is 0 Å². The Hall–Kier alpha value is -2.60. The molecule has 0 aromatic heterocycles. The lowest BCUT2D eigenvalue weighted by molar-refractivity contribution is -0.386. The van der Waals surface area contributed by atoms with Crippen LogP contribution in [0.5, 0.6) is 11.5 Å². The third-order valence-corrected chi connectivity index (χ3v) is 2.89. The van der Waals surface area contributed by atoms with E-state index in [4.69, 9.17) is 11.6 Å². The van der Waals surface area contributed by atoms with Crippen LogP contribution in [0.15, 0.2) is 36.4 Å². The van der Waals surface area contributed by atoms with Gasteiger partial charge in [-0.25, -0.2) is 0 Å². The van der Waals surface area contributed by atoms with Crippen LogP contribution in [0, 0.1) is 10.1 Å². The number of hydrogen-bond acceptors (Lipinski definition) is 5. The molecule has 0 fully saturated rings. The summed E-state index contributed by atoms with van der Waals surface area (Å²) in [5.74, 6) is -2.13. The molecular weight excluding hydrogens is 286 g/mol. The number of phenols is 2. The van der Waals surface area contributed by atoms with Gasteiger partial charge in [0.05, 0.1) is 4.92 Å². The third-order valence-electron chi connectivity index (χ3n) is 2.63. The van der Waals surface area contributed by atoms with E-state index in [-0.39, 0.29) is 11.1 Å². The molecule has 102 valence electrons. The van der Waals surface area contributed by atoms with E-state index >= 15 is 0 Å². The predicted molar refractivity (Wildman–Crippen MR) is 71.3 cm³/mol. The topological polar surface area (TPSA) is 101 Å². The summed E-state index contributed by atoms with van der Waals surface area (Å²) < 4.78 is 0. The van der Waals surface area contributed by atoms with Gasteiger partial charge in [0.25, 0.3) is 0 Å². The number of aromatic hydroxyl groups is 2. The molecule has 6 nitrogen and oxygen atoms in total. The molecule has 0 spiro atoms. The van der Waals surface area contributed by atoms with Gasteiger partial charge < -0.3 is 10.2 Å². The van der Waals surface area contributed by atoms with Crippen molar-refractivity contribution in [3.8, 4) is 11.5 Å². The Balaban J connectivity index is 2.50. The zero-order valence-electron chi connectivity index (χ0n) is 9.91. The maximum atomic E-state index is 12.1. The molecule has 0 aliphatic carbocycles. The molecular formula is C13H8ClNO5. The second kappa shape index (κ2) is 5.18. The van der Waals surface area contributed by atoms with E-state index < -0.39 is 27.9 Å². The number of rotatable bonds is 3. The van der Waals surface area contributed by atoms with Crippen molar-refractivity contribution in [1.82, 2.24) is 0 Å². The van der Waals surface area contributed by atoms with Crippen molar-refractivity contribution in [3.05, 3.63) is 62.7 Å². The molecule has 0 unspecified atom stereocenters. The Kier molecular flexibility index (Phi) is 3.58. The summed E-state index contributed by atoms with van der Waals surface area (Å²) >= 11 is 5.70. The lowest BCUT2D eigenvalue weighted by Gasteiger charge is -2.04. The van der Waals surface area contributed by atoms with E-state index in [0.717, 1.165) is 12.1 Å². The Morgan fingerprint density at radius 1 is 1.10 bits per heavy atom. The van der Waals surface area contributed by atoms with Crippen molar-refractivity contribution in [2.24, 2.45) is 0 Å². The van der Waals surface area contributed by atoms with Gasteiger partial charge in [0.1, 0.15) is 0 Å². The average molecular weight is 294 g/mol. The van der Waals surface area contributed by atoms with Crippen LogP contribution >= 0.6 is 11.6 Å². The van der Waals surface area contributed by atoms with E-state index in [1.165, 1.54) is 24.3 Å². The van der Waals surface area contributed by atoms with Crippen LogP contribution in [0.1, 0.15) is 15.9 Å². The number of hydrogen-bond donors (Lipinski definition) is 2. The lowest BCUT2D eigenvalue weighted by Crippen LogP contribution is -2.02. The quantitative estimate of drug-likeness (QED) is 0.392. The number of phenolic OH excluding ortho intramolecular Hbond substituents is 2. The fourth-order valence-electron chi connectivity index (χ4n) is 1.64. The monoisotopic (exact) mass is 293 g/mol. The van der Waals surface area contributed by atoms with E-state index in [9.17, 15) is 25.1 Å². The summed E-state index contributed by atoms with van der Waals surface area (Å²) in [7, 11) is 0. The maximum Gasteiger partial charge on any atom is 0.315 e. The summed E-state index contributed by atoms with van der Waals surface area (Å²) in [4.78, 5) is 22.0. The summed E-state index contributed by atoms with van der Waals surface area (Å²) in [6, 6.07) is 7.80. The highest BCUT2D eigenvalue weighted by Gasteiger charge is 2.22. The van der Waals surface area contributed by atoms with Crippen LogP contribution in [0.2, 0.25) is 5.02 Å². The van der Waals surface area contributed by atoms with Gasteiger partial charge in [0.2, 0.25) is 5.75 Å². The zero-order chi connectivity index (χ0) is 14.9. The van der Waals surface area contributed by atoms with Gasteiger partial charge in [-0.05, 0) is 30.3 Å². The molecule has 0 amide bonds. The number of nitro benzene ring substituents is 1.